The number of nitrogens with zero attached hydrogens (tertiary/aromatic N) is 1. The van der Waals surface area contributed by atoms with Crippen LogP contribution in [0.5, 0.6) is 11.5 Å². The molecule has 5 nitrogen and oxygen atoms in total. The van der Waals surface area contributed by atoms with E-state index in [2.05, 4.69) is 0 Å². The number of amides is 1. The van der Waals surface area contributed by atoms with E-state index in [1.54, 1.807) is 25.3 Å². The highest BCUT2D eigenvalue weighted by Crippen LogP contribution is 2.29. The van der Waals surface area contributed by atoms with Crippen LogP contribution in [0.15, 0.2) is 18.2 Å². The van der Waals surface area contributed by atoms with E-state index < -0.39 is 0 Å². The van der Waals surface area contributed by atoms with Crippen LogP contribution < -0.4 is 15.2 Å². The molecular formula is C17H26N2O3. The molecule has 2 rings (SSSR count). The van der Waals surface area contributed by atoms with Gasteiger partial charge in [-0.05, 0) is 50.8 Å². The summed E-state index contributed by atoms with van der Waals surface area (Å²) in [5.41, 5.74) is 6.62. The van der Waals surface area contributed by atoms with E-state index in [1.165, 1.54) is 0 Å². The van der Waals surface area contributed by atoms with Crippen molar-refractivity contribution in [3.05, 3.63) is 23.8 Å². The average Bonchev–Trinajstić information content (AvgIpc) is 2.55. The molecule has 1 saturated heterocycles. The number of hydrogen-bond donors (Lipinski definition) is 1. The summed E-state index contributed by atoms with van der Waals surface area (Å²) in [6, 6.07) is 5.46. The molecule has 0 unspecified atom stereocenters. The van der Waals surface area contributed by atoms with Gasteiger partial charge in [0.1, 0.15) is 0 Å². The number of hydrogen-bond acceptors (Lipinski definition) is 4. The maximum absolute atomic E-state index is 12.7. The molecule has 0 bridgehead atoms. The van der Waals surface area contributed by atoms with Crippen LogP contribution in [-0.4, -0.2) is 43.7 Å². The standard InChI is InChI=1S/C17H26N2O3/c1-4-22-15-8-7-13(10-16(15)21-3)17(20)19-9-5-6-14(11-19)12(2)18/h7-8,10,12,14H,4-6,9,11,18H2,1-3H3/t12-,14+/m0/s1. The van der Waals surface area contributed by atoms with Crippen LogP contribution in [-0.2, 0) is 0 Å². The largest absolute Gasteiger partial charge is 0.493 e. The van der Waals surface area contributed by atoms with Crippen LogP contribution >= 0.6 is 0 Å². The summed E-state index contributed by atoms with van der Waals surface area (Å²) in [6.07, 6.45) is 2.10. The molecule has 0 saturated carbocycles. The number of methoxy groups -OCH3 is 1. The Kier molecular flexibility index (Phi) is 5.66. The highest BCUT2D eigenvalue weighted by atomic mass is 16.5. The van der Waals surface area contributed by atoms with Gasteiger partial charge in [0.05, 0.1) is 13.7 Å². The maximum atomic E-state index is 12.7. The molecule has 122 valence electrons. The fourth-order valence-corrected chi connectivity index (χ4v) is 2.88. The first kappa shape index (κ1) is 16.6. The molecule has 22 heavy (non-hydrogen) atoms. The summed E-state index contributed by atoms with van der Waals surface area (Å²) in [6.45, 7) is 6.01. The first-order valence-electron chi connectivity index (χ1n) is 7.92. The molecule has 1 fully saturated rings. The van der Waals surface area contributed by atoms with Crippen LogP contribution in [0.1, 0.15) is 37.0 Å². The van der Waals surface area contributed by atoms with E-state index in [-0.39, 0.29) is 11.9 Å². The van der Waals surface area contributed by atoms with Gasteiger partial charge < -0.3 is 20.1 Å². The van der Waals surface area contributed by atoms with Gasteiger partial charge >= 0.3 is 0 Å². The molecule has 1 heterocycles. The lowest BCUT2D eigenvalue weighted by Crippen LogP contribution is -2.45. The van der Waals surface area contributed by atoms with E-state index >= 15 is 0 Å². The van der Waals surface area contributed by atoms with Crippen molar-refractivity contribution in [1.29, 1.82) is 0 Å². The van der Waals surface area contributed by atoms with Gasteiger partial charge in [0.15, 0.2) is 11.5 Å². The molecule has 2 N–H and O–H groups in total. The number of rotatable bonds is 5. The molecule has 0 radical (unpaired) electrons. The van der Waals surface area contributed by atoms with Crippen LogP contribution in [0.3, 0.4) is 0 Å². The quantitative estimate of drug-likeness (QED) is 0.906. The zero-order valence-electron chi connectivity index (χ0n) is 13.7. The van der Waals surface area contributed by atoms with Gasteiger partial charge in [-0.15, -0.1) is 0 Å². The van der Waals surface area contributed by atoms with E-state index in [9.17, 15) is 4.79 Å². The lowest BCUT2D eigenvalue weighted by atomic mass is 9.92. The molecule has 1 aromatic carbocycles. The fourth-order valence-electron chi connectivity index (χ4n) is 2.88. The van der Waals surface area contributed by atoms with Crippen molar-refractivity contribution >= 4 is 5.91 Å². The Bertz CT molecular complexity index is 517. The van der Waals surface area contributed by atoms with Crippen molar-refractivity contribution in [2.24, 2.45) is 11.7 Å². The first-order valence-corrected chi connectivity index (χ1v) is 7.92. The van der Waals surface area contributed by atoms with Crippen molar-refractivity contribution in [2.45, 2.75) is 32.7 Å². The van der Waals surface area contributed by atoms with Crippen LogP contribution in [0, 0.1) is 5.92 Å². The lowest BCUT2D eigenvalue weighted by Gasteiger charge is -2.34. The number of nitrogens with two attached hydrogens (primary N) is 1. The van der Waals surface area contributed by atoms with Gasteiger partial charge in [-0.2, -0.15) is 0 Å². The van der Waals surface area contributed by atoms with Gasteiger partial charge in [-0.3, -0.25) is 4.79 Å². The molecule has 0 aliphatic carbocycles. The number of piperidine rings is 1. The van der Waals surface area contributed by atoms with Crippen molar-refractivity contribution in [3.63, 3.8) is 0 Å². The second kappa shape index (κ2) is 7.49. The normalized spacial score (nSPS) is 19.6. The van der Waals surface area contributed by atoms with Crippen molar-refractivity contribution in [1.82, 2.24) is 4.90 Å². The average molecular weight is 306 g/mol. The number of likely N-dealkylation sites (tertiary alicyclic amines) is 1. The van der Waals surface area contributed by atoms with Crippen LogP contribution in [0.25, 0.3) is 0 Å². The molecule has 1 aromatic rings. The number of carbonyl (C=O) groups is 1. The van der Waals surface area contributed by atoms with E-state index in [0.29, 0.717) is 29.6 Å². The Balaban J connectivity index is 2.15. The Labute approximate surface area is 132 Å². The SMILES string of the molecule is CCOc1ccc(C(=O)N2CCC[C@@H]([C@H](C)N)C2)cc1OC. The third kappa shape index (κ3) is 3.71. The van der Waals surface area contributed by atoms with Crippen molar-refractivity contribution in [3.8, 4) is 11.5 Å². The highest BCUT2D eigenvalue weighted by Gasteiger charge is 2.26. The van der Waals surface area contributed by atoms with Gasteiger partial charge in [-0.25, -0.2) is 0 Å². The summed E-state index contributed by atoms with van der Waals surface area (Å²) in [7, 11) is 1.58. The predicted molar refractivity (Wildman–Crippen MR) is 86.4 cm³/mol. The van der Waals surface area contributed by atoms with E-state index in [4.69, 9.17) is 15.2 Å². The maximum Gasteiger partial charge on any atom is 0.254 e. The second-order valence-corrected chi connectivity index (χ2v) is 5.81. The molecule has 0 spiro atoms. The molecule has 2 atom stereocenters. The second-order valence-electron chi connectivity index (χ2n) is 5.81. The Morgan fingerprint density at radius 1 is 1.45 bits per heavy atom. The highest BCUT2D eigenvalue weighted by molar-refractivity contribution is 5.95. The summed E-state index contributed by atoms with van der Waals surface area (Å²) < 4.78 is 10.8. The summed E-state index contributed by atoms with van der Waals surface area (Å²) >= 11 is 0. The molecule has 1 aliphatic rings. The van der Waals surface area contributed by atoms with Gasteiger partial charge in [-0.1, -0.05) is 0 Å². The van der Waals surface area contributed by atoms with E-state index in [0.717, 1.165) is 25.9 Å². The third-order valence-electron chi connectivity index (χ3n) is 4.20. The smallest absolute Gasteiger partial charge is 0.254 e. The van der Waals surface area contributed by atoms with Crippen LogP contribution in [0.2, 0.25) is 0 Å². The van der Waals surface area contributed by atoms with E-state index in [1.807, 2.05) is 18.7 Å². The Morgan fingerprint density at radius 2 is 2.23 bits per heavy atom. The molecule has 1 aliphatic heterocycles. The third-order valence-corrected chi connectivity index (χ3v) is 4.20. The zero-order chi connectivity index (χ0) is 16.1. The zero-order valence-corrected chi connectivity index (χ0v) is 13.7. The minimum atomic E-state index is 0.0340. The molecule has 1 amide bonds. The molecule has 0 aromatic heterocycles. The molecular weight excluding hydrogens is 280 g/mol. The summed E-state index contributed by atoms with van der Waals surface area (Å²) in [5, 5.41) is 0. The Hall–Kier alpha value is -1.75. The lowest BCUT2D eigenvalue weighted by molar-refractivity contribution is 0.0660. The van der Waals surface area contributed by atoms with Gasteiger partial charge in [0.2, 0.25) is 0 Å². The van der Waals surface area contributed by atoms with Crippen LogP contribution in [0.4, 0.5) is 0 Å². The first-order chi connectivity index (χ1) is 10.6. The minimum absolute atomic E-state index is 0.0340. The molecule has 5 heteroatoms. The summed E-state index contributed by atoms with van der Waals surface area (Å²) in [4.78, 5) is 14.6. The topological polar surface area (TPSA) is 64.8 Å². The Morgan fingerprint density at radius 3 is 2.86 bits per heavy atom. The fraction of sp³-hybridized carbons (Fsp3) is 0.588. The monoisotopic (exact) mass is 306 g/mol. The van der Waals surface area contributed by atoms with Gasteiger partial charge in [0, 0.05) is 24.7 Å². The number of benzene rings is 1. The predicted octanol–water partition coefficient (Wildman–Crippen LogP) is 2.29. The number of carbonyl (C=O) groups excluding carboxylic acids is 1. The minimum Gasteiger partial charge on any atom is -0.493 e. The van der Waals surface area contributed by atoms with Crippen molar-refractivity contribution in [2.75, 3.05) is 26.8 Å². The van der Waals surface area contributed by atoms with Crippen molar-refractivity contribution < 1.29 is 14.3 Å². The summed E-state index contributed by atoms with van der Waals surface area (Å²) in [5.74, 6) is 1.66. The number of ether oxygens (including phenoxy) is 2. The van der Waals surface area contributed by atoms with Gasteiger partial charge in [0.25, 0.3) is 5.91 Å².